The number of fused-ring (bicyclic) bond motifs is 1. The van der Waals surface area contributed by atoms with E-state index in [1.165, 1.54) is 12.3 Å². The van der Waals surface area contributed by atoms with Crippen molar-refractivity contribution < 1.29 is 19.0 Å². The molecule has 0 bridgehead atoms. The van der Waals surface area contributed by atoms with Gasteiger partial charge in [-0.15, -0.1) is 0 Å². The summed E-state index contributed by atoms with van der Waals surface area (Å²) in [5.41, 5.74) is 3.68. The summed E-state index contributed by atoms with van der Waals surface area (Å²) in [6.07, 6.45) is 5.30. The lowest BCUT2D eigenvalue weighted by Crippen LogP contribution is -2.18. The number of carbonyl (C=O) groups excluding carboxylic acids is 1. The first-order valence-corrected chi connectivity index (χ1v) is 14.6. The summed E-state index contributed by atoms with van der Waals surface area (Å²) in [7, 11) is 3.83. The number of amides is 1. The maximum absolute atomic E-state index is 12.8. The highest BCUT2D eigenvalue weighted by atomic mass is 35.5. The maximum atomic E-state index is 12.8. The van der Waals surface area contributed by atoms with E-state index in [2.05, 4.69) is 27.8 Å². The Morgan fingerprint density at radius 2 is 1.96 bits per heavy atom. The van der Waals surface area contributed by atoms with E-state index in [9.17, 15) is 15.3 Å². The van der Waals surface area contributed by atoms with Gasteiger partial charge >= 0.3 is 0 Å². The third-order valence-electron chi connectivity index (χ3n) is 6.99. The molecule has 5 rings (SSSR count). The van der Waals surface area contributed by atoms with Gasteiger partial charge in [0.25, 0.3) is 0 Å². The molecular weight excluding hydrogens is 592 g/mol. The molecule has 1 aliphatic rings. The second-order valence-electron chi connectivity index (χ2n) is 10.6. The van der Waals surface area contributed by atoms with Crippen LogP contribution < -0.4 is 20.1 Å². The van der Waals surface area contributed by atoms with Crippen molar-refractivity contribution in [2.45, 2.75) is 19.1 Å². The van der Waals surface area contributed by atoms with Crippen LogP contribution in [-0.2, 0) is 16.1 Å². The Morgan fingerprint density at radius 1 is 1.13 bits per heavy atom. The Bertz CT molecular complexity index is 1820. The van der Waals surface area contributed by atoms with Gasteiger partial charge in [-0.25, -0.2) is 0 Å². The summed E-state index contributed by atoms with van der Waals surface area (Å²) >= 11 is 6.58. The zero-order valence-corrected chi connectivity index (χ0v) is 25.6. The van der Waals surface area contributed by atoms with Crippen LogP contribution in [0.1, 0.15) is 23.1 Å². The number of aromatic nitrogens is 1. The lowest BCUT2D eigenvalue weighted by molar-refractivity contribution is -0.111. The molecule has 4 aromatic rings. The first-order chi connectivity index (χ1) is 21.8. The number of nitrogens with one attached hydrogen (secondary N) is 2. The summed E-state index contributed by atoms with van der Waals surface area (Å²) in [6.45, 7) is 1.84. The first-order valence-electron chi connectivity index (χ1n) is 14.3. The molecule has 2 N–H and O–H groups in total. The summed E-state index contributed by atoms with van der Waals surface area (Å²) in [6, 6.07) is 20.2. The largest absolute Gasteiger partial charge is 0.487 e. The fraction of sp³-hybridized carbons (Fsp3) is 0.235. The van der Waals surface area contributed by atoms with Crippen molar-refractivity contribution in [2.75, 3.05) is 44.5 Å². The number of likely N-dealkylation sites (N-methyl/N-ethyl adjacent to an activating group) is 1. The van der Waals surface area contributed by atoms with Crippen LogP contribution >= 0.6 is 11.6 Å². The molecule has 2 heterocycles. The van der Waals surface area contributed by atoms with E-state index in [4.69, 9.17) is 25.8 Å². The third-order valence-corrected chi connectivity index (χ3v) is 7.29. The Hall–Kier alpha value is -5.13. The molecule has 1 amide bonds. The second kappa shape index (κ2) is 14.6. The van der Waals surface area contributed by atoms with Crippen molar-refractivity contribution in [3.05, 3.63) is 94.7 Å². The number of anilines is 3. The molecule has 11 heteroatoms. The molecule has 1 aromatic heterocycles. The lowest BCUT2D eigenvalue weighted by atomic mass is 10.1. The topological polar surface area (TPSA) is 133 Å². The molecule has 1 fully saturated rings. The number of ether oxygens (including phenoxy) is 3. The van der Waals surface area contributed by atoms with Crippen LogP contribution in [-0.4, -0.2) is 55.7 Å². The molecule has 45 heavy (non-hydrogen) atoms. The number of hydrogen-bond acceptors (Lipinski definition) is 9. The average Bonchev–Trinajstić information content (AvgIpc) is 3.54. The van der Waals surface area contributed by atoms with Crippen LogP contribution in [0.25, 0.3) is 10.9 Å². The van der Waals surface area contributed by atoms with Crippen molar-refractivity contribution in [1.82, 2.24) is 9.88 Å². The second-order valence-corrected chi connectivity index (χ2v) is 11.0. The number of hydrogen-bond donors (Lipinski definition) is 2. The van der Waals surface area contributed by atoms with Gasteiger partial charge in [0, 0.05) is 47.9 Å². The highest BCUT2D eigenvalue weighted by Crippen LogP contribution is 2.38. The molecule has 3 aromatic carbocycles. The number of nitriles is 2. The van der Waals surface area contributed by atoms with Crippen molar-refractivity contribution in [1.29, 1.82) is 10.5 Å². The minimum Gasteiger partial charge on any atom is -0.487 e. The van der Waals surface area contributed by atoms with Gasteiger partial charge in [0.15, 0.2) is 0 Å². The van der Waals surface area contributed by atoms with Crippen molar-refractivity contribution in [3.63, 3.8) is 0 Å². The Labute approximate surface area is 266 Å². The van der Waals surface area contributed by atoms with Gasteiger partial charge in [-0.05, 0) is 44.4 Å². The van der Waals surface area contributed by atoms with E-state index in [0.29, 0.717) is 75.4 Å². The molecule has 1 unspecified atom stereocenters. The maximum Gasteiger partial charge on any atom is 0.248 e. The van der Waals surface area contributed by atoms with Crippen molar-refractivity contribution in [3.8, 4) is 23.6 Å². The molecule has 1 atom stereocenters. The standard InChI is InChI=1S/C34H31ClN6O4/c1-41(2)12-5-8-33(42)40-30-15-27-29(16-32(30)45-26-11-13-43-21-26)38-19-24(18-37)34(27)39-25-9-10-31(28(35)14-25)44-20-23-7-4-3-6-22(23)17-36/h3-10,14-16,19,26H,11-13,20-21H2,1-2H3,(H,38,39)(H,40,42)/b8-5+. The van der Waals surface area contributed by atoms with E-state index >= 15 is 0 Å². The lowest BCUT2D eigenvalue weighted by Gasteiger charge is -2.19. The fourth-order valence-corrected chi connectivity index (χ4v) is 4.95. The highest BCUT2D eigenvalue weighted by Gasteiger charge is 2.21. The molecule has 0 saturated carbocycles. The molecule has 228 valence electrons. The average molecular weight is 623 g/mol. The van der Waals surface area contributed by atoms with Gasteiger partial charge in [-0.1, -0.05) is 35.9 Å². The number of nitrogens with zero attached hydrogens (tertiary/aromatic N) is 4. The highest BCUT2D eigenvalue weighted by molar-refractivity contribution is 6.32. The van der Waals surface area contributed by atoms with Gasteiger partial charge in [0.05, 0.1) is 52.3 Å². The minimum absolute atomic E-state index is 0.158. The van der Waals surface area contributed by atoms with Crippen molar-refractivity contribution in [2.24, 2.45) is 0 Å². The van der Waals surface area contributed by atoms with Gasteiger partial charge < -0.3 is 29.7 Å². The third kappa shape index (κ3) is 7.88. The molecular formula is C34H31ClN6O4. The Kier molecular flexibility index (Phi) is 10.1. The zero-order chi connectivity index (χ0) is 31.8. The zero-order valence-electron chi connectivity index (χ0n) is 24.8. The first kappa shape index (κ1) is 31.3. The van der Waals surface area contributed by atoms with Crippen molar-refractivity contribution >= 4 is 45.5 Å². The molecule has 1 saturated heterocycles. The summed E-state index contributed by atoms with van der Waals surface area (Å²) in [5, 5.41) is 26.5. The van der Waals surface area contributed by atoms with Crippen LogP contribution in [0, 0.1) is 22.7 Å². The molecule has 1 aliphatic heterocycles. The quantitative estimate of drug-likeness (QED) is 0.188. The summed E-state index contributed by atoms with van der Waals surface area (Å²) < 4.78 is 17.6. The number of benzene rings is 3. The Morgan fingerprint density at radius 3 is 2.69 bits per heavy atom. The predicted molar refractivity (Wildman–Crippen MR) is 173 cm³/mol. The normalized spacial score (nSPS) is 14.3. The minimum atomic E-state index is -0.317. The van der Waals surface area contributed by atoms with Crippen LogP contribution in [0.3, 0.4) is 0 Å². The Balaban J connectivity index is 1.45. The number of pyridine rings is 1. The van der Waals surface area contributed by atoms with E-state index in [1.807, 2.05) is 31.1 Å². The van der Waals surface area contributed by atoms with Crippen LogP contribution in [0.15, 0.2) is 72.9 Å². The van der Waals surface area contributed by atoms with Crippen LogP contribution in [0.4, 0.5) is 17.1 Å². The number of rotatable bonds is 11. The van der Waals surface area contributed by atoms with Gasteiger partial charge in [-0.2, -0.15) is 10.5 Å². The van der Waals surface area contributed by atoms with E-state index in [1.54, 1.807) is 48.5 Å². The molecule has 0 radical (unpaired) electrons. The molecule has 0 spiro atoms. The SMILES string of the molecule is CN(C)C/C=C/C(=O)Nc1cc2c(Nc3ccc(OCc4ccccc4C#N)c(Cl)c3)c(C#N)cnc2cc1OC1CCOC1. The van der Waals surface area contributed by atoms with Gasteiger partial charge in [0.1, 0.15) is 30.3 Å². The van der Waals surface area contributed by atoms with E-state index in [-0.39, 0.29) is 18.6 Å². The van der Waals surface area contributed by atoms with Crippen LogP contribution in [0.2, 0.25) is 5.02 Å². The fourth-order valence-electron chi connectivity index (χ4n) is 4.72. The van der Waals surface area contributed by atoms with E-state index in [0.717, 1.165) is 12.0 Å². The predicted octanol–water partition coefficient (Wildman–Crippen LogP) is 6.18. The smallest absolute Gasteiger partial charge is 0.248 e. The molecule has 0 aliphatic carbocycles. The van der Waals surface area contributed by atoms with Gasteiger partial charge in [-0.3, -0.25) is 9.78 Å². The number of halogens is 1. The molecule has 10 nitrogen and oxygen atoms in total. The van der Waals surface area contributed by atoms with Crippen LogP contribution in [0.5, 0.6) is 11.5 Å². The summed E-state index contributed by atoms with van der Waals surface area (Å²) in [4.78, 5) is 19.3. The van der Waals surface area contributed by atoms with Gasteiger partial charge in [0.2, 0.25) is 5.91 Å². The number of carbonyl (C=O) groups is 1. The summed E-state index contributed by atoms with van der Waals surface area (Å²) in [5.74, 6) is 0.584. The monoisotopic (exact) mass is 622 g/mol. The van der Waals surface area contributed by atoms with E-state index < -0.39 is 0 Å².